The highest BCUT2D eigenvalue weighted by Gasteiger charge is 2.08. The highest BCUT2D eigenvalue weighted by atomic mass is 35.5. The van der Waals surface area contributed by atoms with Gasteiger partial charge in [0, 0.05) is 5.02 Å². The first-order valence-corrected chi connectivity index (χ1v) is 8.62. The molecular weight excluding hydrogens is 387 g/mol. The summed E-state index contributed by atoms with van der Waals surface area (Å²) in [6.45, 7) is 0. The van der Waals surface area contributed by atoms with E-state index >= 15 is 0 Å². The highest BCUT2D eigenvalue weighted by molar-refractivity contribution is 6.33. The molecule has 0 saturated heterocycles. The minimum atomic E-state index is -1.10. The topological polar surface area (TPSA) is 70.9 Å². The molecule has 0 radical (unpaired) electrons. The first-order valence-electron chi connectivity index (χ1n) is 7.87. The minimum Gasteiger partial charge on any atom is -0.478 e. The summed E-state index contributed by atoms with van der Waals surface area (Å²) in [5.74, 6) is 0.231. The molecule has 0 aliphatic heterocycles. The lowest BCUT2D eigenvalue weighted by atomic mass is 10.2. The summed E-state index contributed by atoms with van der Waals surface area (Å²) in [6.07, 6.45) is 1.60. The zero-order chi connectivity index (χ0) is 19.2. The molecule has 0 spiro atoms. The maximum absolute atomic E-state index is 11.1. The van der Waals surface area contributed by atoms with Crippen molar-refractivity contribution in [1.29, 1.82) is 0 Å². The number of anilines is 1. The smallest absolute Gasteiger partial charge is 0.337 e. The summed E-state index contributed by atoms with van der Waals surface area (Å²) >= 11 is 11.7. The molecule has 0 unspecified atom stereocenters. The van der Waals surface area contributed by atoms with Gasteiger partial charge in [0.25, 0.3) is 0 Å². The highest BCUT2D eigenvalue weighted by Crippen LogP contribution is 2.24. The van der Waals surface area contributed by atoms with Gasteiger partial charge in [-0.25, -0.2) is 4.79 Å². The Bertz CT molecular complexity index is 989. The predicted octanol–water partition coefficient (Wildman–Crippen LogP) is 5.93. The normalized spacial score (nSPS) is 10.7. The number of carboxylic acid groups (broad SMARTS) is 1. The maximum Gasteiger partial charge on any atom is 0.337 e. The Balaban J connectivity index is 1.68. The Kier molecular flexibility index (Phi) is 5.96. The fraction of sp³-hybridized carbons (Fsp3) is 0. The van der Waals surface area contributed by atoms with Crippen LogP contribution in [0.5, 0.6) is 11.5 Å². The number of ether oxygens (including phenoxy) is 1. The summed E-state index contributed by atoms with van der Waals surface area (Å²) in [5, 5.41) is 14.0. The molecule has 27 heavy (non-hydrogen) atoms. The van der Waals surface area contributed by atoms with Gasteiger partial charge in [0.1, 0.15) is 11.5 Å². The van der Waals surface area contributed by atoms with Crippen LogP contribution in [0.25, 0.3) is 0 Å². The molecule has 0 aromatic heterocycles. The summed E-state index contributed by atoms with van der Waals surface area (Å²) in [6, 6.07) is 19.0. The van der Waals surface area contributed by atoms with E-state index in [4.69, 9.17) is 33.0 Å². The van der Waals surface area contributed by atoms with Gasteiger partial charge in [0.05, 0.1) is 22.5 Å². The SMILES string of the molecule is O=C(O)c1cc(NN=Cc2cccc(Oc3ccc(Cl)cc3)c2)ccc1Cl. The van der Waals surface area contributed by atoms with Gasteiger partial charge in [-0.2, -0.15) is 5.10 Å². The van der Waals surface area contributed by atoms with Crippen molar-refractivity contribution in [3.05, 3.63) is 87.9 Å². The van der Waals surface area contributed by atoms with E-state index in [1.807, 2.05) is 24.3 Å². The van der Waals surface area contributed by atoms with Crippen LogP contribution < -0.4 is 10.2 Å². The van der Waals surface area contributed by atoms with Gasteiger partial charge in [0.2, 0.25) is 0 Å². The van der Waals surface area contributed by atoms with E-state index < -0.39 is 5.97 Å². The molecule has 7 heteroatoms. The van der Waals surface area contributed by atoms with Gasteiger partial charge in [-0.3, -0.25) is 5.43 Å². The molecule has 0 atom stereocenters. The van der Waals surface area contributed by atoms with Gasteiger partial charge in [-0.15, -0.1) is 0 Å². The zero-order valence-electron chi connectivity index (χ0n) is 13.9. The predicted molar refractivity (Wildman–Crippen MR) is 108 cm³/mol. The van der Waals surface area contributed by atoms with Gasteiger partial charge >= 0.3 is 5.97 Å². The maximum atomic E-state index is 11.1. The summed E-state index contributed by atoms with van der Waals surface area (Å²) < 4.78 is 5.77. The third-order valence-electron chi connectivity index (χ3n) is 3.51. The molecule has 136 valence electrons. The van der Waals surface area contributed by atoms with Crippen LogP contribution in [-0.4, -0.2) is 17.3 Å². The van der Waals surface area contributed by atoms with Crippen molar-refractivity contribution in [2.75, 3.05) is 5.43 Å². The summed E-state index contributed by atoms with van der Waals surface area (Å²) in [7, 11) is 0. The number of hydrogen-bond donors (Lipinski definition) is 2. The van der Waals surface area contributed by atoms with Crippen LogP contribution in [0, 0.1) is 0 Å². The third kappa shape index (κ3) is 5.23. The number of halogens is 2. The fourth-order valence-electron chi connectivity index (χ4n) is 2.24. The van der Waals surface area contributed by atoms with Crippen LogP contribution in [0.15, 0.2) is 71.8 Å². The Morgan fingerprint density at radius 1 is 1.00 bits per heavy atom. The molecule has 0 bridgehead atoms. The lowest BCUT2D eigenvalue weighted by Crippen LogP contribution is -1.99. The number of hydrogen-bond acceptors (Lipinski definition) is 4. The standard InChI is InChI=1S/C20H14Cl2N2O3/c21-14-4-7-16(8-5-14)27-17-3-1-2-13(10-17)12-23-24-15-6-9-19(22)18(11-15)20(25)26/h1-12,24H,(H,25,26). The molecular formula is C20H14Cl2N2O3. The lowest BCUT2D eigenvalue weighted by molar-refractivity contribution is 0.0697. The van der Waals surface area contributed by atoms with Crippen molar-refractivity contribution in [1.82, 2.24) is 0 Å². The average molecular weight is 401 g/mol. The Morgan fingerprint density at radius 3 is 2.52 bits per heavy atom. The minimum absolute atomic E-state index is 0.00947. The average Bonchev–Trinajstić information content (AvgIpc) is 2.65. The molecule has 3 rings (SSSR count). The number of nitrogens with one attached hydrogen (secondary N) is 1. The van der Waals surface area contributed by atoms with E-state index in [2.05, 4.69) is 10.5 Å². The molecule has 0 fully saturated rings. The van der Waals surface area contributed by atoms with Gasteiger partial charge in [-0.05, 0) is 60.2 Å². The Labute approximate surface area is 165 Å². The molecule has 0 saturated carbocycles. The van der Waals surface area contributed by atoms with E-state index in [1.165, 1.54) is 12.1 Å². The monoisotopic (exact) mass is 400 g/mol. The van der Waals surface area contributed by atoms with Crippen LogP contribution in [0.3, 0.4) is 0 Å². The van der Waals surface area contributed by atoms with Crippen LogP contribution in [-0.2, 0) is 0 Å². The van der Waals surface area contributed by atoms with Crippen LogP contribution in [0.4, 0.5) is 5.69 Å². The zero-order valence-corrected chi connectivity index (χ0v) is 15.4. The molecule has 0 heterocycles. The summed E-state index contributed by atoms with van der Waals surface area (Å²) in [5.41, 5.74) is 4.11. The number of carbonyl (C=O) groups is 1. The molecule has 2 N–H and O–H groups in total. The second-order valence-corrected chi connectivity index (χ2v) is 6.34. The van der Waals surface area contributed by atoms with E-state index in [0.717, 1.165) is 5.56 Å². The quantitative estimate of drug-likeness (QED) is 0.397. The van der Waals surface area contributed by atoms with Crippen LogP contribution in [0.1, 0.15) is 15.9 Å². The Morgan fingerprint density at radius 2 is 1.78 bits per heavy atom. The molecule has 5 nitrogen and oxygen atoms in total. The van der Waals surface area contributed by atoms with Crippen molar-refractivity contribution >= 4 is 41.1 Å². The number of carboxylic acids is 1. The van der Waals surface area contributed by atoms with Crippen molar-refractivity contribution in [3.8, 4) is 11.5 Å². The van der Waals surface area contributed by atoms with E-state index in [-0.39, 0.29) is 10.6 Å². The Hall–Kier alpha value is -3.02. The lowest BCUT2D eigenvalue weighted by Gasteiger charge is -2.06. The van der Waals surface area contributed by atoms with Crippen LogP contribution in [0.2, 0.25) is 10.0 Å². The number of nitrogens with zero attached hydrogens (tertiary/aromatic N) is 1. The van der Waals surface area contributed by atoms with Crippen molar-refractivity contribution in [3.63, 3.8) is 0 Å². The molecule has 3 aromatic carbocycles. The van der Waals surface area contributed by atoms with Gasteiger partial charge in [0.15, 0.2) is 0 Å². The van der Waals surface area contributed by atoms with E-state index in [0.29, 0.717) is 22.2 Å². The van der Waals surface area contributed by atoms with Gasteiger partial charge < -0.3 is 9.84 Å². The van der Waals surface area contributed by atoms with Crippen molar-refractivity contribution < 1.29 is 14.6 Å². The first-order chi connectivity index (χ1) is 13.0. The second-order valence-electron chi connectivity index (χ2n) is 5.50. The molecule has 3 aromatic rings. The van der Waals surface area contributed by atoms with E-state index in [1.54, 1.807) is 36.5 Å². The number of aromatic carboxylic acids is 1. The molecule has 0 aliphatic carbocycles. The van der Waals surface area contributed by atoms with Crippen LogP contribution >= 0.6 is 23.2 Å². The number of benzene rings is 3. The molecule has 0 amide bonds. The van der Waals surface area contributed by atoms with Crippen molar-refractivity contribution in [2.45, 2.75) is 0 Å². The molecule has 0 aliphatic rings. The summed E-state index contributed by atoms with van der Waals surface area (Å²) in [4.78, 5) is 11.1. The second kappa shape index (κ2) is 8.58. The first kappa shape index (κ1) is 18.8. The van der Waals surface area contributed by atoms with Crippen molar-refractivity contribution in [2.24, 2.45) is 5.10 Å². The third-order valence-corrected chi connectivity index (χ3v) is 4.09. The van der Waals surface area contributed by atoms with E-state index in [9.17, 15) is 4.79 Å². The largest absolute Gasteiger partial charge is 0.478 e. The van der Waals surface area contributed by atoms with Gasteiger partial charge in [-0.1, -0.05) is 35.3 Å². The number of rotatable bonds is 6. The number of hydrazone groups is 1. The fourth-order valence-corrected chi connectivity index (χ4v) is 2.56.